The molecule has 1 aliphatic heterocycles. The molecule has 0 saturated carbocycles. The van der Waals surface area contributed by atoms with Crippen LogP contribution in [0.2, 0.25) is 0 Å². The lowest BCUT2D eigenvalue weighted by Crippen LogP contribution is -2.44. The van der Waals surface area contributed by atoms with E-state index in [2.05, 4.69) is 41.7 Å². The maximum Gasteiger partial charge on any atom is 0.0472 e. The van der Waals surface area contributed by atoms with Crippen LogP contribution in [0.4, 0.5) is 0 Å². The summed E-state index contributed by atoms with van der Waals surface area (Å²) < 4.78 is 5.48. The van der Waals surface area contributed by atoms with Crippen LogP contribution in [0.1, 0.15) is 39.5 Å². The molecule has 1 saturated heterocycles. The molecular weight excluding hydrogens is 266 g/mol. The van der Waals surface area contributed by atoms with Gasteiger partial charge in [-0.15, -0.1) is 0 Å². The Hall–Kier alpha value is 0.400. The lowest BCUT2D eigenvalue weighted by molar-refractivity contribution is 0.00636. The zero-order valence-corrected chi connectivity index (χ0v) is 12.6. The summed E-state index contributed by atoms with van der Waals surface area (Å²) in [4.78, 5) is 2.52. The lowest BCUT2D eigenvalue weighted by atomic mass is 9.81. The Labute approximate surface area is 109 Å². The van der Waals surface area contributed by atoms with Gasteiger partial charge in [0, 0.05) is 31.1 Å². The van der Waals surface area contributed by atoms with Gasteiger partial charge in [0.25, 0.3) is 0 Å². The zero-order chi connectivity index (χ0) is 12.0. The average Bonchev–Trinajstić information content (AvgIpc) is 2.30. The van der Waals surface area contributed by atoms with Crippen LogP contribution in [-0.4, -0.2) is 43.1 Å². The Bertz CT molecular complexity index is 192. The molecule has 0 aromatic heterocycles. The number of nitrogens with zero attached hydrogens (tertiary/aromatic N) is 1. The Morgan fingerprint density at radius 1 is 1.38 bits per heavy atom. The average molecular weight is 292 g/mol. The highest BCUT2D eigenvalue weighted by Gasteiger charge is 2.33. The van der Waals surface area contributed by atoms with E-state index in [0.717, 1.165) is 18.5 Å². The summed E-state index contributed by atoms with van der Waals surface area (Å²) in [7, 11) is 2.26. The highest BCUT2D eigenvalue weighted by atomic mass is 79.9. The molecule has 0 amide bonds. The van der Waals surface area contributed by atoms with Gasteiger partial charge in [-0.25, -0.2) is 0 Å². The summed E-state index contributed by atoms with van der Waals surface area (Å²) >= 11 is 3.70. The molecule has 16 heavy (non-hydrogen) atoms. The smallest absolute Gasteiger partial charge is 0.0472 e. The second kappa shape index (κ2) is 6.97. The van der Waals surface area contributed by atoms with Crippen LogP contribution >= 0.6 is 15.9 Å². The van der Waals surface area contributed by atoms with Crippen molar-refractivity contribution in [3.05, 3.63) is 0 Å². The van der Waals surface area contributed by atoms with Gasteiger partial charge in [-0.1, -0.05) is 29.3 Å². The van der Waals surface area contributed by atoms with Crippen molar-refractivity contribution in [1.29, 1.82) is 0 Å². The van der Waals surface area contributed by atoms with E-state index in [-0.39, 0.29) is 0 Å². The molecule has 0 radical (unpaired) electrons. The predicted molar refractivity (Wildman–Crippen MR) is 73.3 cm³/mol. The molecule has 1 unspecified atom stereocenters. The van der Waals surface area contributed by atoms with Crippen molar-refractivity contribution in [2.24, 2.45) is 5.41 Å². The summed E-state index contributed by atoms with van der Waals surface area (Å²) in [5.41, 5.74) is 0.439. The number of rotatable bonds is 6. The molecular formula is C13H26BrNO. The number of halogens is 1. The van der Waals surface area contributed by atoms with Crippen molar-refractivity contribution in [3.8, 4) is 0 Å². The molecule has 1 fully saturated rings. The van der Waals surface area contributed by atoms with E-state index < -0.39 is 0 Å². The molecule has 0 N–H and O–H groups in total. The zero-order valence-electron chi connectivity index (χ0n) is 11.0. The molecule has 0 spiro atoms. The van der Waals surface area contributed by atoms with Crippen molar-refractivity contribution in [2.45, 2.75) is 45.6 Å². The van der Waals surface area contributed by atoms with Gasteiger partial charge in [-0.2, -0.15) is 0 Å². The normalized spacial score (nSPS) is 22.3. The van der Waals surface area contributed by atoms with Gasteiger partial charge in [0.15, 0.2) is 0 Å². The molecule has 3 heteroatoms. The molecule has 1 aliphatic rings. The van der Waals surface area contributed by atoms with Crippen molar-refractivity contribution < 1.29 is 4.74 Å². The van der Waals surface area contributed by atoms with Crippen molar-refractivity contribution in [1.82, 2.24) is 4.90 Å². The van der Waals surface area contributed by atoms with E-state index >= 15 is 0 Å². The summed E-state index contributed by atoms with van der Waals surface area (Å²) in [5.74, 6) is 0. The molecule has 1 heterocycles. The minimum absolute atomic E-state index is 0.439. The van der Waals surface area contributed by atoms with Crippen LogP contribution in [0.25, 0.3) is 0 Å². The SMILES string of the molecule is CCCC(C)N(C)CC1(CBr)CCOCC1. The standard InChI is InChI=1S/C13H26BrNO/c1-4-5-12(2)15(3)11-13(10-14)6-8-16-9-7-13/h12H,4-11H2,1-3H3. The van der Waals surface area contributed by atoms with E-state index in [9.17, 15) is 0 Å². The van der Waals surface area contributed by atoms with E-state index in [4.69, 9.17) is 4.74 Å². The van der Waals surface area contributed by atoms with Crippen molar-refractivity contribution in [3.63, 3.8) is 0 Å². The fraction of sp³-hybridized carbons (Fsp3) is 1.00. The first-order chi connectivity index (χ1) is 7.63. The van der Waals surface area contributed by atoms with Gasteiger partial charge in [0.2, 0.25) is 0 Å². The first-order valence-electron chi connectivity index (χ1n) is 6.47. The third-order valence-electron chi connectivity index (χ3n) is 3.88. The second-order valence-corrected chi connectivity index (χ2v) is 5.86. The largest absolute Gasteiger partial charge is 0.381 e. The molecule has 0 aliphatic carbocycles. The third-order valence-corrected chi connectivity index (χ3v) is 5.07. The Balaban J connectivity index is 2.48. The number of alkyl halides is 1. The number of hydrogen-bond acceptors (Lipinski definition) is 2. The minimum Gasteiger partial charge on any atom is -0.381 e. The van der Waals surface area contributed by atoms with Crippen LogP contribution in [0, 0.1) is 5.41 Å². The van der Waals surface area contributed by atoms with Crippen LogP contribution in [0.3, 0.4) is 0 Å². The molecule has 1 atom stereocenters. The molecule has 0 aromatic rings. The lowest BCUT2D eigenvalue weighted by Gasteiger charge is -2.40. The van der Waals surface area contributed by atoms with Crippen molar-refractivity contribution >= 4 is 15.9 Å². The first-order valence-corrected chi connectivity index (χ1v) is 7.59. The monoisotopic (exact) mass is 291 g/mol. The number of ether oxygens (including phenoxy) is 1. The fourth-order valence-corrected chi connectivity index (χ4v) is 3.20. The fourth-order valence-electron chi connectivity index (χ4n) is 2.46. The van der Waals surface area contributed by atoms with E-state index in [1.807, 2.05) is 0 Å². The van der Waals surface area contributed by atoms with Gasteiger partial charge in [-0.05, 0) is 38.6 Å². The van der Waals surface area contributed by atoms with Gasteiger partial charge >= 0.3 is 0 Å². The summed E-state index contributed by atoms with van der Waals surface area (Å²) in [5, 5.41) is 1.10. The molecule has 0 aromatic carbocycles. The summed E-state index contributed by atoms with van der Waals surface area (Å²) in [6.07, 6.45) is 4.96. The first kappa shape index (κ1) is 14.5. The Kier molecular flexibility index (Phi) is 6.30. The third kappa shape index (κ3) is 4.01. The Morgan fingerprint density at radius 3 is 2.50 bits per heavy atom. The van der Waals surface area contributed by atoms with Crippen LogP contribution in [-0.2, 0) is 4.74 Å². The topological polar surface area (TPSA) is 12.5 Å². The minimum atomic E-state index is 0.439. The van der Waals surface area contributed by atoms with Crippen LogP contribution in [0.15, 0.2) is 0 Å². The van der Waals surface area contributed by atoms with E-state index in [1.54, 1.807) is 0 Å². The quantitative estimate of drug-likeness (QED) is 0.696. The highest BCUT2D eigenvalue weighted by molar-refractivity contribution is 9.09. The van der Waals surface area contributed by atoms with Gasteiger partial charge in [-0.3, -0.25) is 0 Å². The number of hydrogen-bond donors (Lipinski definition) is 0. The van der Waals surface area contributed by atoms with Gasteiger partial charge < -0.3 is 9.64 Å². The second-order valence-electron chi connectivity index (χ2n) is 5.30. The Morgan fingerprint density at radius 2 is 2.00 bits per heavy atom. The molecule has 1 rings (SSSR count). The van der Waals surface area contributed by atoms with E-state index in [1.165, 1.54) is 32.2 Å². The van der Waals surface area contributed by atoms with E-state index in [0.29, 0.717) is 11.5 Å². The summed E-state index contributed by atoms with van der Waals surface area (Å²) in [6, 6.07) is 0.698. The highest BCUT2D eigenvalue weighted by Crippen LogP contribution is 2.33. The molecule has 96 valence electrons. The van der Waals surface area contributed by atoms with Gasteiger partial charge in [0.05, 0.1) is 0 Å². The maximum absolute atomic E-state index is 5.48. The predicted octanol–water partition coefficient (Wildman–Crippen LogP) is 3.30. The van der Waals surface area contributed by atoms with Crippen LogP contribution < -0.4 is 0 Å². The maximum atomic E-state index is 5.48. The van der Waals surface area contributed by atoms with Crippen molar-refractivity contribution in [2.75, 3.05) is 32.1 Å². The summed E-state index contributed by atoms with van der Waals surface area (Å²) in [6.45, 7) is 7.66. The molecule has 2 nitrogen and oxygen atoms in total. The van der Waals surface area contributed by atoms with Crippen LogP contribution in [0.5, 0.6) is 0 Å². The van der Waals surface area contributed by atoms with Gasteiger partial charge in [0.1, 0.15) is 0 Å². The molecule has 0 bridgehead atoms.